The largest absolute Gasteiger partial charge is 0.356 e. The normalized spacial score (nSPS) is 10.9. The Morgan fingerprint density at radius 1 is 1.04 bits per heavy atom. The van der Waals surface area contributed by atoms with E-state index in [1.807, 2.05) is 19.9 Å². The number of aryl methyl sites for hydroxylation is 1. The highest BCUT2D eigenvalue weighted by Crippen LogP contribution is 2.01. The first-order valence-electron chi connectivity index (χ1n) is 7.89. The highest BCUT2D eigenvalue weighted by atomic mass is 127. The Morgan fingerprint density at radius 3 is 2.26 bits per heavy atom. The van der Waals surface area contributed by atoms with Gasteiger partial charge in [-0.05, 0) is 18.4 Å². The molecule has 0 fully saturated rings. The molecule has 0 spiro atoms. The molecule has 0 bridgehead atoms. The van der Waals surface area contributed by atoms with Crippen molar-refractivity contribution in [2.75, 3.05) is 26.7 Å². The molecule has 0 aliphatic carbocycles. The van der Waals surface area contributed by atoms with Crippen molar-refractivity contribution in [2.45, 2.75) is 26.7 Å². The van der Waals surface area contributed by atoms with Crippen molar-refractivity contribution in [1.29, 1.82) is 0 Å². The maximum Gasteiger partial charge on any atom is 0.222 e. The van der Waals surface area contributed by atoms with Crippen LogP contribution in [0.2, 0.25) is 0 Å². The fraction of sp³-hybridized carbons (Fsp3) is 0.529. The third-order valence-electron chi connectivity index (χ3n) is 3.24. The van der Waals surface area contributed by atoms with E-state index in [-0.39, 0.29) is 35.8 Å². The van der Waals surface area contributed by atoms with Crippen molar-refractivity contribution >= 4 is 35.8 Å². The maximum absolute atomic E-state index is 11.4. The molecule has 0 radical (unpaired) electrons. The number of nitrogens with zero attached hydrogens (tertiary/aromatic N) is 1. The molecule has 5 nitrogen and oxygen atoms in total. The molecule has 6 heteroatoms. The number of hydrogen-bond acceptors (Lipinski definition) is 2. The first kappa shape index (κ1) is 21.7. The minimum absolute atomic E-state index is 0. The monoisotopic (exact) mass is 432 g/mol. The molecule has 1 amide bonds. The standard InChI is InChI=1S/C17H28N4O.HI/c1-14(2)16(22)19-12-13-21-17(18-3)20-11-7-10-15-8-5-4-6-9-15;/h4-6,8-9,14H,7,10-13H2,1-3H3,(H,19,22)(H2,18,20,21);1H. The summed E-state index contributed by atoms with van der Waals surface area (Å²) < 4.78 is 0. The smallest absolute Gasteiger partial charge is 0.222 e. The topological polar surface area (TPSA) is 65.5 Å². The Morgan fingerprint density at radius 2 is 1.65 bits per heavy atom. The molecule has 3 N–H and O–H groups in total. The van der Waals surface area contributed by atoms with E-state index in [9.17, 15) is 4.79 Å². The van der Waals surface area contributed by atoms with Gasteiger partial charge in [-0.3, -0.25) is 9.79 Å². The molecule has 1 rings (SSSR count). The minimum atomic E-state index is 0. The molecule has 0 aromatic heterocycles. The van der Waals surface area contributed by atoms with Crippen LogP contribution in [-0.4, -0.2) is 38.5 Å². The quantitative estimate of drug-likeness (QED) is 0.255. The Balaban J connectivity index is 0.00000484. The van der Waals surface area contributed by atoms with Crippen molar-refractivity contribution in [3.63, 3.8) is 0 Å². The van der Waals surface area contributed by atoms with Gasteiger partial charge in [0.05, 0.1) is 0 Å². The lowest BCUT2D eigenvalue weighted by atomic mass is 10.1. The van der Waals surface area contributed by atoms with Crippen molar-refractivity contribution in [3.8, 4) is 0 Å². The van der Waals surface area contributed by atoms with E-state index < -0.39 is 0 Å². The zero-order valence-corrected chi connectivity index (χ0v) is 16.6. The molecule has 0 aliphatic rings. The van der Waals surface area contributed by atoms with Crippen LogP contribution in [-0.2, 0) is 11.2 Å². The van der Waals surface area contributed by atoms with Crippen molar-refractivity contribution in [2.24, 2.45) is 10.9 Å². The van der Waals surface area contributed by atoms with Crippen LogP contribution in [0.5, 0.6) is 0 Å². The molecule has 130 valence electrons. The fourth-order valence-electron chi connectivity index (χ4n) is 1.94. The fourth-order valence-corrected chi connectivity index (χ4v) is 1.94. The van der Waals surface area contributed by atoms with Gasteiger partial charge < -0.3 is 16.0 Å². The average molecular weight is 432 g/mol. The first-order valence-corrected chi connectivity index (χ1v) is 7.89. The van der Waals surface area contributed by atoms with E-state index in [0.717, 1.165) is 25.3 Å². The van der Waals surface area contributed by atoms with Crippen LogP contribution in [0.1, 0.15) is 25.8 Å². The molecule has 0 unspecified atom stereocenters. The van der Waals surface area contributed by atoms with Crippen LogP contribution in [0.25, 0.3) is 0 Å². The summed E-state index contributed by atoms with van der Waals surface area (Å²) in [7, 11) is 1.75. The van der Waals surface area contributed by atoms with Gasteiger partial charge in [-0.1, -0.05) is 44.2 Å². The van der Waals surface area contributed by atoms with Crippen LogP contribution in [0.15, 0.2) is 35.3 Å². The van der Waals surface area contributed by atoms with Crippen LogP contribution in [0, 0.1) is 5.92 Å². The van der Waals surface area contributed by atoms with Gasteiger partial charge in [0.1, 0.15) is 0 Å². The summed E-state index contributed by atoms with van der Waals surface area (Å²) in [4.78, 5) is 15.6. The maximum atomic E-state index is 11.4. The lowest BCUT2D eigenvalue weighted by Gasteiger charge is -2.13. The van der Waals surface area contributed by atoms with E-state index in [1.165, 1.54) is 5.56 Å². The average Bonchev–Trinajstić information content (AvgIpc) is 2.54. The van der Waals surface area contributed by atoms with Gasteiger partial charge >= 0.3 is 0 Å². The van der Waals surface area contributed by atoms with Crippen molar-refractivity contribution in [1.82, 2.24) is 16.0 Å². The van der Waals surface area contributed by atoms with Gasteiger partial charge in [0.15, 0.2) is 5.96 Å². The SMILES string of the molecule is CN=C(NCCCc1ccccc1)NCCNC(=O)C(C)C.I. The summed E-state index contributed by atoms with van der Waals surface area (Å²) in [6.07, 6.45) is 2.10. The van der Waals surface area contributed by atoms with Crippen molar-refractivity contribution in [3.05, 3.63) is 35.9 Å². The number of hydrogen-bond donors (Lipinski definition) is 3. The third kappa shape index (κ3) is 10.1. The van der Waals surface area contributed by atoms with E-state index in [2.05, 4.69) is 45.2 Å². The Hall–Kier alpha value is -1.31. The second-order valence-corrected chi connectivity index (χ2v) is 5.46. The predicted molar refractivity (Wildman–Crippen MR) is 107 cm³/mol. The van der Waals surface area contributed by atoms with Gasteiger partial charge in [-0.25, -0.2) is 0 Å². The number of aliphatic imine (C=N–C) groups is 1. The Bertz CT molecular complexity index is 463. The summed E-state index contributed by atoms with van der Waals surface area (Å²) in [5, 5.41) is 9.33. The lowest BCUT2D eigenvalue weighted by Crippen LogP contribution is -2.42. The molecule has 0 atom stereocenters. The van der Waals surface area contributed by atoms with Gasteiger partial charge in [0, 0.05) is 32.6 Å². The molecular formula is C17H29IN4O. The van der Waals surface area contributed by atoms with Crippen LogP contribution in [0.3, 0.4) is 0 Å². The second kappa shape index (κ2) is 13.2. The second-order valence-electron chi connectivity index (χ2n) is 5.46. The summed E-state index contributed by atoms with van der Waals surface area (Å²) in [5.41, 5.74) is 1.35. The van der Waals surface area contributed by atoms with E-state index in [4.69, 9.17) is 0 Å². The van der Waals surface area contributed by atoms with Gasteiger partial charge in [-0.2, -0.15) is 0 Å². The number of carbonyl (C=O) groups excluding carboxylic acids is 1. The predicted octanol–water partition coefficient (Wildman–Crippen LogP) is 2.17. The zero-order chi connectivity index (χ0) is 16.2. The summed E-state index contributed by atoms with van der Waals surface area (Å²) in [5.74, 6) is 0.870. The van der Waals surface area contributed by atoms with Crippen LogP contribution in [0.4, 0.5) is 0 Å². The highest BCUT2D eigenvalue weighted by Gasteiger charge is 2.05. The van der Waals surface area contributed by atoms with Crippen molar-refractivity contribution < 1.29 is 4.79 Å². The van der Waals surface area contributed by atoms with Gasteiger partial charge in [0.25, 0.3) is 0 Å². The number of rotatable bonds is 8. The summed E-state index contributed by atoms with van der Waals surface area (Å²) in [6.45, 7) is 5.90. The molecule has 0 saturated heterocycles. The molecule has 23 heavy (non-hydrogen) atoms. The molecule has 1 aromatic carbocycles. The highest BCUT2D eigenvalue weighted by molar-refractivity contribution is 14.0. The van der Waals surface area contributed by atoms with Crippen LogP contribution >= 0.6 is 24.0 Å². The first-order chi connectivity index (χ1) is 10.6. The zero-order valence-electron chi connectivity index (χ0n) is 14.3. The Labute approximate surface area is 156 Å². The van der Waals surface area contributed by atoms with E-state index in [0.29, 0.717) is 13.1 Å². The number of benzene rings is 1. The van der Waals surface area contributed by atoms with Gasteiger partial charge in [0.2, 0.25) is 5.91 Å². The molecule has 0 saturated carbocycles. The molecular weight excluding hydrogens is 403 g/mol. The lowest BCUT2D eigenvalue weighted by molar-refractivity contribution is -0.123. The molecule has 0 heterocycles. The summed E-state index contributed by atoms with van der Waals surface area (Å²) >= 11 is 0. The third-order valence-corrected chi connectivity index (χ3v) is 3.24. The van der Waals surface area contributed by atoms with E-state index in [1.54, 1.807) is 7.05 Å². The molecule has 0 aliphatic heterocycles. The number of nitrogens with one attached hydrogen (secondary N) is 3. The Kier molecular flexibility index (Phi) is 12.4. The summed E-state index contributed by atoms with van der Waals surface area (Å²) in [6, 6.07) is 10.4. The number of amides is 1. The molecule has 1 aromatic rings. The van der Waals surface area contributed by atoms with Gasteiger partial charge in [-0.15, -0.1) is 24.0 Å². The minimum Gasteiger partial charge on any atom is -0.356 e. The van der Waals surface area contributed by atoms with E-state index >= 15 is 0 Å². The number of carbonyl (C=O) groups is 1. The van der Waals surface area contributed by atoms with Crippen LogP contribution < -0.4 is 16.0 Å². The number of halogens is 1. The number of guanidine groups is 1.